The first-order valence-electron chi connectivity index (χ1n) is 7.16. The molecule has 0 bridgehead atoms. The molecule has 108 valence electrons. The van der Waals surface area contributed by atoms with E-state index >= 15 is 0 Å². The molecule has 2 nitrogen and oxygen atoms in total. The zero-order chi connectivity index (χ0) is 15.1. The average Bonchev–Trinajstić information content (AvgIpc) is 2.73. The number of benzene rings is 1. The summed E-state index contributed by atoms with van der Waals surface area (Å²) in [5.41, 5.74) is 4.94. The van der Waals surface area contributed by atoms with Gasteiger partial charge in [0.05, 0.1) is 5.69 Å². The molecule has 0 amide bonds. The van der Waals surface area contributed by atoms with E-state index in [1.54, 1.807) is 6.26 Å². The molecule has 1 aromatic heterocycles. The van der Waals surface area contributed by atoms with Gasteiger partial charge in [0.15, 0.2) is 0 Å². The van der Waals surface area contributed by atoms with Crippen LogP contribution in [0.5, 0.6) is 0 Å². The first-order valence-corrected chi connectivity index (χ1v) is 7.16. The lowest BCUT2D eigenvalue weighted by atomic mass is 9.74. The van der Waals surface area contributed by atoms with Gasteiger partial charge in [-0.15, -0.1) is 0 Å². The van der Waals surface area contributed by atoms with E-state index in [9.17, 15) is 0 Å². The lowest BCUT2D eigenvalue weighted by Gasteiger charge is -2.30. The largest absolute Gasteiger partial charge is 0.444 e. The Morgan fingerprint density at radius 3 is 1.95 bits per heavy atom. The number of rotatable bonds is 1. The van der Waals surface area contributed by atoms with Gasteiger partial charge in [0.1, 0.15) is 6.26 Å². The van der Waals surface area contributed by atoms with Crippen LogP contribution < -0.4 is 0 Å². The van der Waals surface area contributed by atoms with Gasteiger partial charge in [-0.25, -0.2) is 4.98 Å². The number of nitrogens with zero attached hydrogens (tertiary/aromatic N) is 1. The molecule has 0 spiro atoms. The van der Waals surface area contributed by atoms with Crippen molar-refractivity contribution in [2.75, 3.05) is 0 Å². The normalized spacial score (nSPS) is 12.8. The highest BCUT2D eigenvalue weighted by Crippen LogP contribution is 2.36. The zero-order valence-corrected chi connectivity index (χ0v) is 13.7. The maximum absolute atomic E-state index is 5.53. The molecule has 0 fully saturated rings. The molecule has 2 rings (SSSR count). The highest BCUT2D eigenvalue weighted by Gasteiger charge is 2.25. The van der Waals surface area contributed by atoms with Gasteiger partial charge >= 0.3 is 0 Å². The Morgan fingerprint density at radius 1 is 0.900 bits per heavy atom. The number of hydrogen-bond acceptors (Lipinski definition) is 2. The standard InChI is InChI=1S/C18H25NO/c1-12-11-20-16(19-12)13-8-9-14(17(2,3)4)15(10-13)18(5,6)7/h8-11H,1-7H3. The monoisotopic (exact) mass is 271 g/mol. The molecule has 0 radical (unpaired) electrons. The first kappa shape index (κ1) is 14.8. The Morgan fingerprint density at radius 2 is 1.50 bits per heavy atom. The van der Waals surface area contributed by atoms with E-state index in [1.807, 2.05) is 6.92 Å². The van der Waals surface area contributed by atoms with Crippen molar-refractivity contribution in [3.05, 3.63) is 41.3 Å². The van der Waals surface area contributed by atoms with Crippen LogP contribution in [0.3, 0.4) is 0 Å². The lowest BCUT2D eigenvalue weighted by Crippen LogP contribution is -2.21. The first-order chi connectivity index (χ1) is 9.09. The van der Waals surface area contributed by atoms with Crippen LogP contribution in [0.2, 0.25) is 0 Å². The van der Waals surface area contributed by atoms with Crippen LogP contribution in [0.15, 0.2) is 28.9 Å². The SMILES string of the molecule is Cc1coc(-c2ccc(C(C)(C)C)c(C(C)(C)C)c2)n1. The second-order valence-electron chi connectivity index (χ2n) is 7.55. The molecule has 1 heterocycles. The summed E-state index contributed by atoms with van der Waals surface area (Å²) in [5.74, 6) is 0.702. The Balaban J connectivity index is 2.61. The number of aryl methyl sites for hydroxylation is 1. The molecule has 2 aromatic rings. The van der Waals surface area contributed by atoms with E-state index in [4.69, 9.17) is 4.42 Å². The molecule has 0 unspecified atom stereocenters. The zero-order valence-electron chi connectivity index (χ0n) is 13.7. The van der Waals surface area contributed by atoms with Gasteiger partial charge < -0.3 is 4.42 Å². The predicted molar refractivity (Wildman–Crippen MR) is 84.1 cm³/mol. The number of hydrogen-bond donors (Lipinski definition) is 0. The third kappa shape index (κ3) is 2.95. The second kappa shape index (κ2) is 4.76. The van der Waals surface area contributed by atoms with Gasteiger partial charge in [0, 0.05) is 5.56 Å². The van der Waals surface area contributed by atoms with Crippen LogP contribution in [-0.2, 0) is 10.8 Å². The maximum Gasteiger partial charge on any atom is 0.226 e. The van der Waals surface area contributed by atoms with E-state index in [0.717, 1.165) is 11.3 Å². The quantitative estimate of drug-likeness (QED) is 0.708. The van der Waals surface area contributed by atoms with Crippen molar-refractivity contribution in [1.82, 2.24) is 4.98 Å². The van der Waals surface area contributed by atoms with Gasteiger partial charge in [-0.1, -0.05) is 47.6 Å². The number of oxazole rings is 1. The van der Waals surface area contributed by atoms with Crippen molar-refractivity contribution in [2.24, 2.45) is 0 Å². The minimum atomic E-state index is 0.0975. The molecule has 0 saturated carbocycles. The van der Waals surface area contributed by atoms with Crippen LogP contribution >= 0.6 is 0 Å². The summed E-state index contributed by atoms with van der Waals surface area (Å²) in [6.45, 7) is 15.5. The Hall–Kier alpha value is -1.57. The molecular weight excluding hydrogens is 246 g/mol. The molecular formula is C18H25NO. The maximum atomic E-state index is 5.53. The third-order valence-corrected chi connectivity index (χ3v) is 3.50. The van der Waals surface area contributed by atoms with Crippen molar-refractivity contribution < 1.29 is 4.42 Å². The van der Waals surface area contributed by atoms with Crippen LogP contribution in [-0.4, -0.2) is 4.98 Å². The van der Waals surface area contributed by atoms with Gasteiger partial charge in [-0.3, -0.25) is 0 Å². The van der Waals surface area contributed by atoms with Crippen LogP contribution in [0.1, 0.15) is 58.4 Å². The summed E-state index contributed by atoms with van der Waals surface area (Å²) in [5, 5.41) is 0. The van der Waals surface area contributed by atoms with E-state index in [-0.39, 0.29) is 10.8 Å². The van der Waals surface area contributed by atoms with Gasteiger partial charge in [0.2, 0.25) is 5.89 Å². The fourth-order valence-electron chi connectivity index (χ4n) is 2.44. The molecule has 0 saturated heterocycles. The topological polar surface area (TPSA) is 26.0 Å². The molecule has 1 aromatic carbocycles. The fourth-order valence-corrected chi connectivity index (χ4v) is 2.44. The van der Waals surface area contributed by atoms with Crippen molar-refractivity contribution in [3.8, 4) is 11.5 Å². The number of aromatic nitrogens is 1. The molecule has 0 aliphatic heterocycles. The summed E-state index contributed by atoms with van der Waals surface area (Å²) < 4.78 is 5.53. The summed E-state index contributed by atoms with van der Waals surface area (Å²) in [7, 11) is 0. The average molecular weight is 271 g/mol. The van der Waals surface area contributed by atoms with Crippen LogP contribution in [0.4, 0.5) is 0 Å². The summed E-state index contributed by atoms with van der Waals surface area (Å²) >= 11 is 0. The van der Waals surface area contributed by atoms with Gasteiger partial charge in [0.25, 0.3) is 0 Å². The molecule has 0 atom stereocenters. The molecule has 0 N–H and O–H groups in total. The van der Waals surface area contributed by atoms with Crippen molar-refractivity contribution in [1.29, 1.82) is 0 Å². The van der Waals surface area contributed by atoms with Crippen LogP contribution in [0, 0.1) is 6.92 Å². The Kier molecular flexibility index (Phi) is 3.53. The van der Waals surface area contributed by atoms with Crippen LogP contribution in [0.25, 0.3) is 11.5 Å². The lowest BCUT2D eigenvalue weighted by molar-refractivity contribution is 0.529. The molecule has 2 heteroatoms. The highest BCUT2D eigenvalue weighted by atomic mass is 16.3. The molecule has 0 aliphatic rings. The second-order valence-corrected chi connectivity index (χ2v) is 7.55. The summed E-state index contributed by atoms with van der Waals surface area (Å²) in [6.07, 6.45) is 1.70. The van der Waals surface area contributed by atoms with Crippen molar-refractivity contribution in [2.45, 2.75) is 59.3 Å². The van der Waals surface area contributed by atoms with Crippen molar-refractivity contribution in [3.63, 3.8) is 0 Å². The Labute approximate surface area is 122 Å². The molecule has 20 heavy (non-hydrogen) atoms. The van der Waals surface area contributed by atoms with E-state index in [0.29, 0.717) is 5.89 Å². The van der Waals surface area contributed by atoms with Gasteiger partial charge in [-0.2, -0.15) is 0 Å². The van der Waals surface area contributed by atoms with E-state index < -0.39 is 0 Å². The molecule has 0 aliphatic carbocycles. The van der Waals surface area contributed by atoms with E-state index in [1.165, 1.54) is 11.1 Å². The predicted octanol–water partition coefficient (Wildman–Crippen LogP) is 5.25. The van der Waals surface area contributed by atoms with E-state index in [2.05, 4.69) is 64.7 Å². The summed E-state index contributed by atoms with van der Waals surface area (Å²) in [4.78, 5) is 4.43. The highest BCUT2D eigenvalue weighted by molar-refractivity contribution is 5.58. The minimum Gasteiger partial charge on any atom is -0.444 e. The van der Waals surface area contributed by atoms with Gasteiger partial charge in [-0.05, 0) is 41.0 Å². The summed E-state index contributed by atoms with van der Waals surface area (Å²) in [6, 6.07) is 6.56. The Bertz CT molecular complexity index is 609. The van der Waals surface area contributed by atoms with Crippen molar-refractivity contribution >= 4 is 0 Å². The smallest absolute Gasteiger partial charge is 0.226 e. The minimum absolute atomic E-state index is 0.0975. The fraction of sp³-hybridized carbons (Fsp3) is 0.500. The third-order valence-electron chi connectivity index (χ3n) is 3.50.